The van der Waals surface area contributed by atoms with Crippen molar-refractivity contribution in [2.75, 3.05) is 0 Å². The second kappa shape index (κ2) is 63.7. The minimum absolute atomic E-state index is 0. The minimum atomic E-state index is 0. The maximum Gasteiger partial charge on any atom is 2.00 e. The number of hydrogen-bond acceptors (Lipinski definition) is 0. The molecule has 0 atom stereocenters. The van der Waals surface area contributed by atoms with Crippen LogP contribution in [0.15, 0.2) is 0 Å². The number of hydrogen-bond donors (Lipinski definition) is 0. The van der Waals surface area contributed by atoms with Crippen molar-refractivity contribution in [3.63, 3.8) is 0 Å². The van der Waals surface area contributed by atoms with Crippen molar-refractivity contribution in [3.8, 4) is 0 Å². The van der Waals surface area contributed by atoms with E-state index in [-0.39, 0.29) is 94.9 Å². The molecule has 0 aromatic heterocycles. The fourth-order valence-electron chi connectivity index (χ4n) is 0. The summed E-state index contributed by atoms with van der Waals surface area (Å²) in [6, 6.07) is 0. The third kappa shape index (κ3) is 48.8. The zero-order chi connectivity index (χ0) is 4.00. The van der Waals surface area contributed by atoms with Crippen LogP contribution in [0.1, 0.15) is 15.3 Å². The molecule has 0 aliphatic rings. The third-order valence-corrected chi connectivity index (χ3v) is 0. The molecule has 0 fully saturated rings. The van der Waals surface area contributed by atoms with Crippen molar-refractivity contribution in [2.45, 2.75) is 13.8 Å². The van der Waals surface area contributed by atoms with Gasteiger partial charge in [-0.25, -0.2) is 0 Å². The molecule has 7 heavy (non-hydrogen) atoms. The van der Waals surface area contributed by atoms with Gasteiger partial charge >= 0.3 is 72.4 Å². The predicted octanol–water partition coefficient (Wildman–Crippen LogP) is -1.21. The van der Waals surface area contributed by atoms with E-state index >= 15 is 0 Å². The molecule has 0 saturated carbocycles. The van der Waals surface area contributed by atoms with E-state index in [1.165, 1.54) is 0 Å². The van der Waals surface area contributed by atoms with Crippen molar-refractivity contribution in [1.29, 1.82) is 0 Å². The molecule has 0 aromatic rings. The monoisotopic (exact) mass is 488 g/mol. The van der Waals surface area contributed by atoms with Gasteiger partial charge in [0.25, 0.3) is 0 Å². The zero-order valence-electron chi connectivity index (χ0n) is 6.05. The second-order valence-electron chi connectivity index (χ2n) is 0. The van der Waals surface area contributed by atoms with Crippen LogP contribution in [0.5, 0.6) is 0 Å². The van der Waals surface area contributed by atoms with Gasteiger partial charge in [-0.1, -0.05) is 0 Å². The van der Waals surface area contributed by atoms with Gasteiger partial charge < -0.3 is 15.3 Å². The van der Waals surface area contributed by atoms with Crippen LogP contribution >= 0.6 is 0 Å². The maximum absolute atomic E-state index is 3.25. The average Bonchev–Trinajstić information content (AvgIpc) is 1.50. The van der Waals surface area contributed by atoms with Crippen LogP contribution in [0.25, 0.3) is 0 Å². The number of rotatable bonds is 0. The molecule has 0 spiro atoms. The van der Waals surface area contributed by atoms with Gasteiger partial charge in [0.15, 0.2) is 0 Å². The first-order valence-electron chi connectivity index (χ1n) is 1.41. The van der Waals surface area contributed by atoms with Crippen molar-refractivity contribution in [2.24, 2.45) is 0 Å². The van der Waals surface area contributed by atoms with Crippen LogP contribution in [-0.2, 0) is 42.1 Å². The minimum Gasteiger partial charge on any atom is -1.00 e. The van der Waals surface area contributed by atoms with Crippen LogP contribution in [0.4, 0.5) is 0 Å². The summed E-state index contributed by atoms with van der Waals surface area (Å²) in [5.74, 6) is 0. The van der Waals surface area contributed by atoms with E-state index in [0.29, 0.717) is 0 Å². The Bertz CT molecular complexity index is 14.0. The van der Waals surface area contributed by atoms with E-state index in [1.807, 2.05) is 0 Å². The molecule has 0 aliphatic heterocycles. The van der Waals surface area contributed by atoms with E-state index in [1.54, 1.807) is 13.8 Å². The fraction of sp³-hybridized carbons (Fsp3) is 0.500. The van der Waals surface area contributed by atoms with Crippen molar-refractivity contribution >= 4 is 0 Å². The Morgan fingerprint density at radius 1 is 1.00 bits per heavy atom. The first kappa shape index (κ1) is 32.4. The molecule has 0 amide bonds. The first-order chi connectivity index (χ1) is 2.00. The molecule has 0 unspecified atom stereocenters. The van der Waals surface area contributed by atoms with E-state index in [4.69, 9.17) is 0 Å². The normalized spacial score (nSPS) is 1.71. The van der Waals surface area contributed by atoms with E-state index < -0.39 is 0 Å². The largest absolute Gasteiger partial charge is 2.00 e. The molecule has 3 heteroatoms. The van der Waals surface area contributed by atoms with Crippen molar-refractivity contribution in [1.82, 2.24) is 0 Å². The van der Waals surface area contributed by atoms with Gasteiger partial charge in [0.1, 0.15) is 0 Å². The zero-order valence-corrected chi connectivity index (χ0v) is 12.7. The molecule has 0 rings (SSSR count). The molecule has 0 heterocycles. The third-order valence-electron chi connectivity index (χ3n) is 0. The standard InChI is InChI=1S/2C2H5.K.2Pt.H/c2*1-2;;;;/h2*1H2,2H3;;;;/q2*-1;+1;;+2;-1. The van der Waals surface area contributed by atoms with Crippen LogP contribution in [0.2, 0.25) is 0 Å². The Balaban J connectivity index is -0.00000000167. The smallest absolute Gasteiger partial charge is 1.00 e. The Hall–Kier alpha value is 3.01. The quantitative estimate of drug-likeness (QED) is 0.297. The topological polar surface area (TPSA) is 0 Å². The molecular weight excluding hydrogens is 477 g/mol. The Kier molecular flexibility index (Phi) is 295. The summed E-state index contributed by atoms with van der Waals surface area (Å²) in [5.41, 5.74) is 0. The Morgan fingerprint density at radius 2 is 1.00 bits per heavy atom. The summed E-state index contributed by atoms with van der Waals surface area (Å²) in [5, 5.41) is 0. The van der Waals surface area contributed by atoms with Crippen molar-refractivity contribution in [3.05, 3.63) is 13.8 Å². The molecule has 0 radical (unpaired) electrons. The second-order valence-corrected chi connectivity index (χ2v) is 0. The SMILES string of the molecule is [CH2-]C.[CH2-]C.[H-].[K+].[Pt+2].[Pt]. The summed E-state index contributed by atoms with van der Waals surface area (Å²) in [6.07, 6.45) is 0. The summed E-state index contributed by atoms with van der Waals surface area (Å²) < 4.78 is 0. The Labute approximate surface area is 120 Å². The molecule has 0 saturated heterocycles. The first-order valence-corrected chi connectivity index (χ1v) is 1.41. The van der Waals surface area contributed by atoms with Crippen LogP contribution < -0.4 is 51.4 Å². The summed E-state index contributed by atoms with van der Waals surface area (Å²) in [7, 11) is 0. The predicted molar refractivity (Wildman–Crippen MR) is 23.2 cm³/mol. The van der Waals surface area contributed by atoms with Gasteiger partial charge in [0.05, 0.1) is 0 Å². The molecule has 0 nitrogen and oxygen atoms in total. The maximum atomic E-state index is 3.25. The molecule has 0 aromatic carbocycles. The molecule has 0 bridgehead atoms. The molecule has 0 aliphatic carbocycles. The fourth-order valence-corrected chi connectivity index (χ4v) is 0. The van der Waals surface area contributed by atoms with Crippen LogP contribution in [0, 0.1) is 13.8 Å². The van der Waals surface area contributed by atoms with E-state index in [0.717, 1.165) is 0 Å². The molecule has 48 valence electrons. The van der Waals surface area contributed by atoms with Crippen LogP contribution in [0.3, 0.4) is 0 Å². The molecular formula is C4H11KPt2. The van der Waals surface area contributed by atoms with Gasteiger partial charge in [0, 0.05) is 21.1 Å². The van der Waals surface area contributed by atoms with E-state index in [2.05, 4.69) is 13.8 Å². The average molecular weight is 488 g/mol. The van der Waals surface area contributed by atoms with Gasteiger partial charge in [-0.05, 0) is 0 Å². The van der Waals surface area contributed by atoms with Gasteiger partial charge in [-0.2, -0.15) is 13.8 Å². The summed E-state index contributed by atoms with van der Waals surface area (Å²) in [4.78, 5) is 0. The van der Waals surface area contributed by atoms with Crippen LogP contribution in [-0.4, -0.2) is 0 Å². The van der Waals surface area contributed by atoms with Gasteiger partial charge in [-0.15, -0.1) is 0 Å². The van der Waals surface area contributed by atoms with Gasteiger partial charge in [-0.3, -0.25) is 0 Å². The summed E-state index contributed by atoms with van der Waals surface area (Å²) in [6.45, 7) is 10.0. The summed E-state index contributed by atoms with van der Waals surface area (Å²) >= 11 is 0. The van der Waals surface area contributed by atoms with Crippen molar-refractivity contribution < 1.29 is 94.9 Å². The van der Waals surface area contributed by atoms with E-state index in [9.17, 15) is 0 Å². The Morgan fingerprint density at radius 3 is 1.00 bits per heavy atom. The molecule has 0 N–H and O–H groups in total. The van der Waals surface area contributed by atoms with Gasteiger partial charge in [0.2, 0.25) is 0 Å².